The fourth-order valence-electron chi connectivity index (χ4n) is 3.00. The zero-order valence-corrected chi connectivity index (χ0v) is 14.4. The van der Waals surface area contributed by atoms with E-state index < -0.39 is 5.97 Å². The zero-order valence-electron chi connectivity index (χ0n) is 13.6. The SMILES string of the molecule is Cc1sc(NC(=O)CCC(=O)O)nc1-c1ccc2c(c1)CCCC2. The van der Waals surface area contributed by atoms with Crippen molar-refractivity contribution in [3.05, 3.63) is 34.2 Å². The lowest BCUT2D eigenvalue weighted by Crippen LogP contribution is -2.12. The van der Waals surface area contributed by atoms with Crippen LogP contribution in [0.1, 0.15) is 41.7 Å². The van der Waals surface area contributed by atoms with Crippen molar-refractivity contribution in [1.82, 2.24) is 4.98 Å². The second-order valence-electron chi connectivity index (χ2n) is 6.06. The number of thiazole rings is 1. The molecule has 0 bridgehead atoms. The van der Waals surface area contributed by atoms with Gasteiger partial charge in [-0.15, -0.1) is 11.3 Å². The first kappa shape index (κ1) is 16.6. The summed E-state index contributed by atoms with van der Waals surface area (Å²) in [6.07, 6.45) is 4.55. The molecule has 1 aliphatic rings. The van der Waals surface area contributed by atoms with E-state index in [0.717, 1.165) is 29.0 Å². The highest BCUT2D eigenvalue weighted by Crippen LogP contribution is 2.33. The van der Waals surface area contributed by atoms with Crippen LogP contribution >= 0.6 is 11.3 Å². The maximum absolute atomic E-state index is 11.8. The molecule has 0 saturated carbocycles. The number of nitrogens with zero attached hydrogens (tertiary/aromatic N) is 1. The molecule has 24 heavy (non-hydrogen) atoms. The highest BCUT2D eigenvalue weighted by Gasteiger charge is 2.15. The average molecular weight is 344 g/mol. The van der Waals surface area contributed by atoms with Gasteiger partial charge in [-0.05, 0) is 49.8 Å². The maximum Gasteiger partial charge on any atom is 0.303 e. The molecule has 6 heteroatoms. The number of carboxylic acids is 1. The number of hydrogen-bond acceptors (Lipinski definition) is 4. The summed E-state index contributed by atoms with van der Waals surface area (Å²) in [4.78, 5) is 27.9. The van der Waals surface area contributed by atoms with Gasteiger partial charge in [-0.1, -0.05) is 12.1 Å². The summed E-state index contributed by atoms with van der Waals surface area (Å²) < 4.78 is 0. The lowest BCUT2D eigenvalue weighted by Gasteiger charge is -2.16. The van der Waals surface area contributed by atoms with E-state index in [2.05, 4.69) is 28.5 Å². The molecule has 1 aromatic carbocycles. The smallest absolute Gasteiger partial charge is 0.303 e. The largest absolute Gasteiger partial charge is 0.481 e. The second kappa shape index (κ2) is 7.13. The number of carboxylic acid groups (broad SMARTS) is 1. The van der Waals surface area contributed by atoms with Gasteiger partial charge in [0.2, 0.25) is 5.91 Å². The van der Waals surface area contributed by atoms with Crippen molar-refractivity contribution in [2.75, 3.05) is 5.32 Å². The number of carbonyl (C=O) groups excluding carboxylic acids is 1. The third-order valence-corrected chi connectivity index (χ3v) is 5.12. The fourth-order valence-corrected chi connectivity index (χ4v) is 3.85. The third kappa shape index (κ3) is 3.82. The van der Waals surface area contributed by atoms with Gasteiger partial charge in [0.1, 0.15) is 0 Å². The molecule has 0 spiro atoms. The van der Waals surface area contributed by atoms with Crippen LogP contribution in [-0.4, -0.2) is 22.0 Å². The van der Waals surface area contributed by atoms with Crippen molar-refractivity contribution < 1.29 is 14.7 Å². The third-order valence-electron chi connectivity index (χ3n) is 4.23. The Balaban J connectivity index is 1.76. The lowest BCUT2D eigenvalue weighted by atomic mass is 9.90. The molecule has 3 rings (SSSR count). The van der Waals surface area contributed by atoms with Crippen LogP contribution in [0.4, 0.5) is 5.13 Å². The van der Waals surface area contributed by atoms with Gasteiger partial charge in [0.05, 0.1) is 12.1 Å². The summed E-state index contributed by atoms with van der Waals surface area (Å²) >= 11 is 1.42. The van der Waals surface area contributed by atoms with Crippen LogP contribution in [0.25, 0.3) is 11.3 Å². The number of fused-ring (bicyclic) bond motifs is 1. The molecular weight excluding hydrogens is 324 g/mol. The quantitative estimate of drug-likeness (QED) is 0.864. The maximum atomic E-state index is 11.8. The number of benzene rings is 1. The molecule has 0 fully saturated rings. The van der Waals surface area contributed by atoms with Gasteiger partial charge in [0.15, 0.2) is 5.13 Å². The van der Waals surface area contributed by atoms with Crippen LogP contribution in [0.5, 0.6) is 0 Å². The van der Waals surface area contributed by atoms with E-state index in [4.69, 9.17) is 5.11 Å². The molecule has 0 unspecified atom stereocenters. The van der Waals surface area contributed by atoms with Gasteiger partial charge in [-0.2, -0.15) is 0 Å². The molecule has 126 valence electrons. The Hall–Kier alpha value is -2.21. The van der Waals surface area contributed by atoms with Gasteiger partial charge in [0, 0.05) is 16.9 Å². The van der Waals surface area contributed by atoms with Crippen LogP contribution in [-0.2, 0) is 22.4 Å². The van der Waals surface area contributed by atoms with Crippen molar-refractivity contribution >= 4 is 28.3 Å². The molecule has 5 nitrogen and oxygen atoms in total. The van der Waals surface area contributed by atoms with Crippen LogP contribution in [0.3, 0.4) is 0 Å². The average Bonchev–Trinajstić information content (AvgIpc) is 2.92. The van der Waals surface area contributed by atoms with E-state index in [-0.39, 0.29) is 18.7 Å². The standard InChI is InChI=1S/C18H20N2O3S/c1-11-17(14-7-6-12-4-2-3-5-13(12)10-14)20-18(24-11)19-15(21)8-9-16(22)23/h6-7,10H,2-5,8-9H2,1H3,(H,22,23)(H,19,20,21). The Labute approximate surface area is 144 Å². The molecule has 2 aromatic rings. The predicted molar refractivity (Wildman–Crippen MR) is 94.4 cm³/mol. The number of hydrogen-bond donors (Lipinski definition) is 2. The molecule has 0 saturated heterocycles. The summed E-state index contributed by atoms with van der Waals surface area (Å²) in [5.41, 5.74) is 4.80. The van der Waals surface area contributed by atoms with Gasteiger partial charge in [-0.25, -0.2) is 4.98 Å². The van der Waals surface area contributed by atoms with Gasteiger partial charge in [-0.3, -0.25) is 9.59 Å². The van der Waals surface area contributed by atoms with E-state index in [1.165, 1.54) is 35.3 Å². The molecule has 0 atom stereocenters. The Morgan fingerprint density at radius 3 is 2.71 bits per heavy atom. The number of aromatic nitrogens is 1. The van der Waals surface area contributed by atoms with Crippen molar-refractivity contribution in [3.8, 4) is 11.3 Å². The van der Waals surface area contributed by atoms with Gasteiger partial charge in [0.25, 0.3) is 0 Å². The number of aliphatic carboxylic acids is 1. The van der Waals surface area contributed by atoms with Crippen LogP contribution in [0.15, 0.2) is 18.2 Å². The Morgan fingerprint density at radius 1 is 1.21 bits per heavy atom. The Kier molecular flexibility index (Phi) is 4.94. The zero-order chi connectivity index (χ0) is 17.1. The first-order chi connectivity index (χ1) is 11.5. The summed E-state index contributed by atoms with van der Waals surface area (Å²) in [5, 5.41) is 11.8. The highest BCUT2D eigenvalue weighted by molar-refractivity contribution is 7.16. The molecule has 0 aliphatic heterocycles. The van der Waals surface area contributed by atoms with Crippen molar-refractivity contribution in [1.29, 1.82) is 0 Å². The van der Waals surface area contributed by atoms with Crippen LogP contribution in [0.2, 0.25) is 0 Å². The van der Waals surface area contributed by atoms with Crippen molar-refractivity contribution in [2.45, 2.75) is 45.4 Å². The molecule has 1 aromatic heterocycles. The molecule has 0 radical (unpaired) electrons. The molecular formula is C18H20N2O3S. The first-order valence-electron chi connectivity index (χ1n) is 8.14. The molecule has 2 N–H and O–H groups in total. The number of amides is 1. The summed E-state index contributed by atoms with van der Waals surface area (Å²) in [5.74, 6) is -1.29. The number of nitrogens with one attached hydrogen (secondary N) is 1. The minimum absolute atomic E-state index is 0.0395. The summed E-state index contributed by atoms with van der Waals surface area (Å²) in [6.45, 7) is 1.99. The number of rotatable bonds is 5. The Bertz CT molecular complexity index is 783. The minimum Gasteiger partial charge on any atom is -0.481 e. The van der Waals surface area contributed by atoms with Crippen LogP contribution < -0.4 is 5.32 Å². The molecule has 1 amide bonds. The second-order valence-corrected chi connectivity index (χ2v) is 7.26. The summed E-state index contributed by atoms with van der Waals surface area (Å²) in [6, 6.07) is 6.50. The molecule has 1 aliphatic carbocycles. The topological polar surface area (TPSA) is 79.3 Å². The van der Waals surface area contributed by atoms with Gasteiger partial charge < -0.3 is 10.4 Å². The number of aryl methyl sites for hydroxylation is 3. The number of carbonyl (C=O) groups is 2. The minimum atomic E-state index is -0.977. The predicted octanol–water partition coefficient (Wildman–Crippen LogP) is 3.80. The van der Waals surface area contributed by atoms with E-state index in [9.17, 15) is 9.59 Å². The van der Waals surface area contributed by atoms with E-state index in [1.54, 1.807) is 0 Å². The monoisotopic (exact) mass is 344 g/mol. The first-order valence-corrected chi connectivity index (χ1v) is 8.96. The van der Waals surface area contributed by atoms with Crippen molar-refractivity contribution in [2.24, 2.45) is 0 Å². The van der Waals surface area contributed by atoms with E-state index in [0.29, 0.717) is 5.13 Å². The van der Waals surface area contributed by atoms with E-state index >= 15 is 0 Å². The highest BCUT2D eigenvalue weighted by atomic mass is 32.1. The fraction of sp³-hybridized carbons (Fsp3) is 0.389. The molecule has 1 heterocycles. The van der Waals surface area contributed by atoms with Crippen molar-refractivity contribution in [3.63, 3.8) is 0 Å². The summed E-state index contributed by atoms with van der Waals surface area (Å²) in [7, 11) is 0. The number of anilines is 1. The van der Waals surface area contributed by atoms with Gasteiger partial charge >= 0.3 is 5.97 Å². The lowest BCUT2D eigenvalue weighted by molar-refractivity contribution is -0.138. The normalized spacial score (nSPS) is 13.4. The van der Waals surface area contributed by atoms with Crippen LogP contribution in [0, 0.1) is 6.92 Å². The van der Waals surface area contributed by atoms with E-state index in [1.807, 2.05) is 6.92 Å². The Morgan fingerprint density at radius 2 is 1.96 bits per heavy atom.